The molecule has 0 bridgehead atoms. The van der Waals surface area contributed by atoms with E-state index in [2.05, 4.69) is 52.0 Å². The molecule has 3 heteroatoms. The van der Waals surface area contributed by atoms with Gasteiger partial charge in [0.2, 0.25) is 0 Å². The average Bonchev–Trinajstić information content (AvgIpc) is 2.42. The number of nitrogens with two attached hydrogens (primary N) is 1. The number of rotatable bonds is 4. The number of likely N-dealkylation sites (tertiary alicyclic amines) is 1. The maximum Gasteiger partial charge on any atom is 0.0470 e. The summed E-state index contributed by atoms with van der Waals surface area (Å²) in [6, 6.07) is 8.98. The van der Waals surface area contributed by atoms with Gasteiger partial charge < -0.3 is 5.73 Å². The Bertz CT molecular complexity index is 355. The SMILES string of the molecule is CCC1CCN(C(CN)c2ccc(Br)cc2)CC1. The van der Waals surface area contributed by atoms with Crippen LogP contribution in [0.5, 0.6) is 0 Å². The van der Waals surface area contributed by atoms with E-state index in [1.54, 1.807) is 0 Å². The first-order chi connectivity index (χ1) is 8.74. The minimum atomic E-state index is 0.385. The number of nitrogens with zero attached hydrogens (tertiary/aromatic N) is 1. The summed E-state index contributed by atoms with van der Waals surface area (Å²) in [5.74, 6) is 0.921. The monoisotopic (exact) mass is 310 g/mol. The Balaban J connectivity index is 2.03. The minimum Gasteiger partial charge on any atom is -0.329 e. The van der Waals surface area contributed by atoms with Crippen molar-refractivity contribution in [3.8, 4) is 0 Å². The first-order valence-electron chi connectivity index (χ1n) is 6.94. The molecule has 0 aromatic heterocycles. The minimum absolute atomic E-state index is 0.385. The van der Waals surface area contributed by atoms with Gasteiger partial charge >= 0.3 is 0 Å². The van der Waals surface area contributed by atoms with Gasteiger partial charge in [-0.05, 0) is 49.5 Å². The van der Waals surface area contributed by atoms with Crippen molar-refractivity contribution in [1.29, 1.82) is 0 Å². The standard InChI is InChI=1S/C15H23BrN2/c1-2-12-7-9-18(10-8-12)15(11-17)13-3-5-14(16)6-4-13/h3-6,12,15H,2,7-11,17H2,1H3. The van der Waals surface area contributed by atoms with E-state index < -0.39 is 0 Å². The van der Waals surface area contributed by atoms with Crippen LogP contribution in [0.3, 0.4) is 0 Å². The van der Waals surface area contributed by atoms with E-state index >= 15 is 0 Å². The fourth-order valence-corrected chi connectivity index (χ4v) is 3.12. The molecule has 100 valence electrons. The molecule has 1 aromatic rings. The molecule has 1 unspecified atom stereocenters. The lowest BCUT2D eigenvalue weighted by Crippen LogP contribution is -2.39. The predicted octanol–water partition coefficient (Wildman–Crippen LogP) is 3.57. The molecule has 1 aliphatic rings. The fourth-order valence-electron chi connectivity index (χ4n) is 2.85. The Labute approximate surface area is 119 Å². The van der Waals surface area contributed by atoms with E-state index in [0.29, 0.717) is 12.6 Å². The zero-order valence-electron chi connectivity index (χ0n) is 11.1. The summed E-state index contributed by atoms with van der Waals surface area (Å²) < 4.78 is 1.13. The van der Waals surface area contributed by atoms with E-state index in [-0.39, 0.29) is 0 Å². The Morgan fingerprint density at radius 3 is 2.39 bits per heavy atom. The lowest BCUT2D eigenvalue weighted by atomic mass is 9.92. The number of piperidine rings is 1. The van der Waals surface area contributed by atoms with Crippen LogP contribution < -0.4 is 5.73 Å². The van der Waals surface area contributed by atoms with Crippen LogP contribution in [0.25, 0.3) is 0 Å². The third kappa shape index (κ3) is 3.34. The molecule has 2 nitrogen and oxygen atoms in total. The van der Waals surface area contributed by atoms with Gasteiger partial charge in [-0.1, -0.05) is 41.4 Å². The van der Waals surface area contributed by atoms with E-state index in [9.17, 15) is 0 Å². The molecule has 1 heterocycles. The third-order valence-electron chi connectivity index (χ3n) is 4.15. The molecule has 1 fully saturated rings. The van der Waals surface area contributed by atoms with E-state index in [1.807, 2.05) is 0 Å². The lowest BCUT2D eigenvalue weighted by molar-refractivity contribution is 0.134. The summed E-state index contributed by atoms with van der Waals surface area (Å²) in [6.07, 6.45) is 3.96. The van der Waals surface area contributed by atoms with Crippen LogP contribution in [0.15, 0.2) is 28.7 Å². The zero-order valence-corrected chi connectivity index (χ0v) is 12.7. The number of hydrogen-bond acceptors (Lipinski definition) is 2. The Morgan fingerprint density at radius 1 is 1.28 bits per heavy atom. The maximum atomic E-state index is 5.99. The molecule has 2 N–H and O–H groups in total. The second-order valence-corrected chi connectivity index (χ2v) is 6.11. The quantitative estimate of drug-likeness (QED) is 0.921. The molecule has 1 atom stereocenters. The largest absolute Gasteiger partial charge is 0.329 e. The summed E-state index contributed by atoms with van der Waals surface area (Å²) in [6.45, 7) is 5.39. The topological polar surface area (TPSA) is 29.3 Å². The van der Waals surface area contributed by atoms with Crippen LogP contribution in [0, 0.1) is 5.92 Å². The van der Waals surface area contributed by atoms with Crippen LogP contribution >= 0.6 is 15.9 Å². The van der Waals surface area contributed by atoms with Gasteiger partial charge in [-0.3, -0.25) is 4.90 Å². The van der Waals surface area contributed by atoms with Crippen LogP contribution in [0.2, 0.25) is 0 Å². The Hall–Kier alpha value is -0.380. The van der Waals surface area contributed by atoms with E-state index in [4.69, 9.17) is 5.73 Å². The highest BCUT2D eigenvalue weighted by molar-refractivity contribution is 9.10. The van der Waals surface area contributed by atoms with Gasteiger partial charge in [0.05, 0.1) is 0 Å². The predicted molar refractivity (Wildman–Crippen MR) is 80.5 cm³/mol. The normalized spacial score (nSPS) is 19.9. The van der Waals surface area contributed by atoms with Crippen molar-refractivity contribution < 1.29 is 0 Å². The molecule has 2 rings (SSSR count). The number of hydrogen-bond donors (Lipinski definition) is 1. The highest BCUT2D eigenvalue weighted by Crippen LogP contribution is 2.28. The summed E-state index contributed by atoms with van der Waals surface area (Å²) in [4.78, 5) is 2.55. The van der Waals surface area contributed by atoms with Gasteiger partial charge in [0, 0.05) is 17.1 Å². The average molecular weight is 311 g/mol. The van der Waals surface area contributed by atoms with E-state index in [1.165, 1.54) is 37.9 Å². The Kier molecular flexibility index (Phi) is 5.22. The van der Waals surface area contributed by atoms with Crippen molar-refractivity contribution in [3.63, 3.8) is 0 Å². The highest BCUT2D eigenvalue weighted by atomic mass is 79.9. The fraction of sp³-hybridized carbons (Fsp3) is 0.600. The second kappa shape index (κ2) is 6.69. The molecule has 0 radical (unpaired) electrons. The van der Waals surface area contributed by atoms with Crippen molar-refractivity contribution in [3.05, 3.63) is 34.3 Å². The molecule has 1 aromatic carbocycles. The summed E-state index contributed by atoms with van der Waals surface area (Å²) in [5.41, 5.74) is 7.33. The van der Waals surface area contributed by atoms with Gasteiger partial charge in [-0.25, -0.2) is 0 Å². The molecule has 0 aliphatic carbocycles. The first-order valence-corrected chi connectivity index (χ1v) is 7.73. The van der Waals surface area contributed by atoms with Gasteiger partial charge in [-0.15, -0.1) is 0 Å². The molecular weight excluding hydrogens is 288 g/mol. The van der Waals surface area contributed by atoms with Gasteiger partial charge in [0.25, 0.3) is 0 Å². The van der Waals surface area contributed by atoms with Crippen molar-refractivity contribution in [2.24, 2.45) is 11.7 Å². The molecule has 0 spiro atoms. The second-order valence-electron chi connectivity index (χ2n) is 5.19. The third-order valence-corrected chi connectivity index (χ3v) is 4.67. The molecule has 1 aliphatic heterocycles. The van der Waals surface area contributed by atoms with Crippen LogP contribution in [0.1, 0.15) is 37.8 Å². The summed E-state index contributed by atoms with van der Waals surface area (Å²) >= 11 is 3.48. The first kappa shape index (κ1) is 14.0. The van der Waals surface area contributed by atoms with Crippen molar-refractivity contribution in [1.82, 2.24) is 4.90 Å². The molecule has 18 heavy (non-hydrogen) atoms. The van der Waals surface area contributed by atoms with Gasteiger partial charge in [-0.2, -0.15) is 0 Å². The lowest BCUT2D eigenvalue weighted by Gasteiger charge is -2.37. The summed E-state index contributed by atoms with van der Waals surface area (Å²) in [5, 5.41) is 0. The van der Waals surface area contributed by atoms with Crippen LogP contribution in [0.4, 0.5) is 0 Å². The van der Waals surface area contributed by atoms with Crippen LogP contribution in [-0.4, -0.2) is 24.5 Å². The Morgan fingerprint density at radius 2 is 1.89 bits per heavy atom. The number of halogens is 1. The molecular formula is C15H23BrN2. The van der Waals surface area contributed by atoms with Crippen molar-refractivity contribution >= 4 is 15.9 Å². The van der Waals surface area contributed by atoms with E-state index in [0.717, 1.165) is 10.4 Å². The van der Waals surface area contributed by atoms with Gasteiger partial charge in [0.15, 0.2) is 0 Å². The molecule has 0 amide bonds. The van der Waals surface area contributed by atoms with Crippen molar-refractivity contribution in [2.75, 3.05) is 19.6 Å². The summed E-state index contributed by atoms with van der Waals surface area (Å²) in [7, 11) is 0. The maximum absolute atomic E-state index is 5.99. The highest BCUT2D eigenvalue weighted by Gasteiger charge is 2.24. The molecule has 1 saturated heterocycles. The molecule has 0 saturated carbocycles. The van der Waals surface area contributed by atoms with Crippen molar-refractivity contribution in [2.45, 2.75) is 32.2 Å². The number of benzene rings is 1. The van der Waals surface area contributed by atoms with Gasteiger partial charge in [0.1, 0.15) is 0 Å². The van der Waals surface area contributed by atoms with Crippen LogP contribution in [-0.2, 0) is 0 Å². The zero-order chi connectivity index (χ0) is 13.0. The smallest absolute Gasteiger partial charge is 0.0470 e.